The number of ether oxygens (including phenoxy) is 1. The highest BCUT2D eigenvalue weighted by molar-refractivity contribution is 5.70. The molecule has 1 aliphatic heterocycles. The van der Waals surface area contributed by atoms with Gasteiger partial charge in [0.1, 0.15) is 6.10 Å². The third kappa shape index (κ3) is 2.74. The Hall–Kier alpha value is -0.570. The lowest BCUT2D eigenvalue weighted by Gasteiger charge is -2.61. The third-order valence-electron chi connectivity index (χ3n) is 6.97. The van der Waals surface area contributed by atoms with Gasteiger partial charge in [-0.05, 0) is 55.3 Å². The summed E-state index contributed by atoms with van der Waals surface area (Å²) in [5.74, 6) is 2.07. The van der Waals surface area contributed by atoms with Crippen molar-refractivity contribution >= 4 is 5.97 Å². The lowest BCUT2D eigenvalue weighted by molar-refractivity contribution is -0.907. The van der Waals surface area contributed by atoms with Gasteiger partial charge in [0.15, 0.2) is 6.54 Å². The Morgan fingerprint density at radius 1 is 1.19 bits per heavy atom. The number of hydrogen-bond donors (Lipinski definition) is 0. The van der Waals surface area contributed by atoms with Crippen LogP contribution in [-0.4, -0.2) is 43.2 Å². The van der Waals surface area contributed by atoms with E-state index in [0.717, 1.165) is 35.8 Å². The zero-order valence-corrected chi connectivity index (χ0v) is 14.2. The first-order valence-corrected chi connectivity index (χ1v) is 8.85. The minimum absolute atomic E-state index is 0.0374. The van der Waals surface area contributed by atoms with E-state index in [2.05, 4.69) is 27.8 Å². The van der Waals surface area contributed by atoms with E-state index >= 15 is 0 Å². The number of carbonyl (C=O) groups is 1. The van der Waals surface area contributed by atoms with E-state index in [-0.39, 0.29) is 12.1 Å². The van der Waals surface area contributed by atoms with Crippen molar-refractivity contribution in [3.05, 3.63) is 0 Å². The number of likely N-dealkylation sites (N-methyl/N-ethyl adjacent to an activating group) is 1. The van der Waals surface area contributed by atoms with Crippen molar-refractivity contribution in [2.24, 2.45) is 23.2 Å². The maximum atomic E-state index is 12.4. The highest BCUT2D eigenvalue weighted by atomic mass is 16.5. The van der Waals surface area contributed by atoms with E-state index in [4.69, 9.17) is 4.74 Å². The van der Waals surface area contributed by atoms with Gasteiger partial charge in [0, 0.05) is 0 Å². The van der Waals surface area contributed by atoms with Gasteiger partial charge in [0.2, 0.25) is 0 Å². The lowest BCUT2D eigenvalue weighted by atomic mass is 9.45. The van der Waals surface area contributed by atoms with Crippen LogP contribution < -0.4 is 0 Å². The summed E-state index contributed by atoms with van der Waals surface area (Å²) in [6.07, 6.45) is 6.42. The average Bonchev–Trinajstić information content (AvgIpc) is 2.40. The van der Waals surface area contributed by atoms with Crippen molar-refractivity contribution in [3.8, 4) is 0 Å². The first kappa shape index (κ1) is 15.3. The summed E-state index contributed by atoms with van der Waals surface area (Å²) in [4.78, 5) is 12.4. The fourth-order valence-electron chi connectivity index (χ4n) is 5.21. The van der Waals surface area contributed by atoms with Gasteiger partial charge < -0.3 is 9.22 Å². The maximum Gasteiger partial charge on any atom is 0.362 e. The number of carbonyl (C=O) groups excluding carboxylic acids is 1. The molecule has 4 fully saturated rings. The van der Waals surface area contributed by atoms with E-state index in [1.165, 1.54) is 25.7 Å². The van der Waals surface area contributed by atoms with E-state index in [1.54, 1.807) is 0 Å². The summed E-state index contributed by atoms with van der Waals surface area (Å²) in [6, 6.07) is 0. The van der Waals surface area contributed by atoms with Crippen molar-refractivity contribution in [2.45, 2.75) is 59.0 Å². The summed E-state index contributed by atoms with van der Waals surface area (Å²) in [6.45, 7) is 9.90. The van der Waals surface area contributed by atoms with E-state index in [1.807, 2.05) is 0 Å². The number of esters is 1. The largest absolute Gasteiger partial charge is 0.458 e. The Balaban J connectivity index is 1.54. The van der Waals surface area contributed by atoms with Crippen LogP contribution in [0.25, 0.3) is 0 Å². The van der Waals surface area contributed by atoms with Gasteiger partial charge in [-0.15, -0.1) is 0 Å². The van der Waals surface area contributed by atoms with Crippen LogP contribution in [0.15, 0.2) is 0 Å². The second kappa shape index (κ2) is 5.26. The smallest absolute Gasteiger partial charge is 0.362 e. The predicted molar refractivity (Wildman–Crippen MR) is 83.7 cm³/mol. The molecule has 0 unspecified atom stereocenters. The molecule has 3 nitrogen and oxygen atoms in total. The molecule has 21 heavy (non-hydrogen) atoms. The minimum atomic E-state index is 0.0374. The first-order chi connectivity index (χ1) is 9.82. The topological polar surface area (TPSA) is 26.3 Å². The fraction of sp³-hybridized carbons (Fsp3) is 0.944. The Morgan fingerprint density at radius 2 is 1.86 bits per heavy atom. The normalized spacial score (nSPS) is 40.2. The lowest BCUT2D eigenvalue weighted by Crippen LogP contribution is -2.58. The molecule has 0 aromatic carbocycles. The van der Waals surface area contributed by atoms with Crippen LogP contribution in [-0.2, 0) is 9.53 Å². The molecule has 120 valence electrons. The Morgan fingerprint density at radius 3 is 2.43 bits per heavy atom. The second-order valence-electron chi connectivity index (χ2n) is 8.77. The summed E-state index contributed by atoms with van der Waals surface area (Å²) in [5, 5.41) is 0. The Labute approximate surface area is 129 Å². The van der Waals surface area contributed by atoms with Crippen LogP contribution in [0.5, 0.6) is 0 Å². The molecule has 1 heterocycles. The molecule has 0 spiro atoms. The zero-order valence-electron chi connectivity index (χ0n) is 14.2. The number of nitrogens with zero attached hydrogens (tertiary/aromatic N) is 1. The van der Waals surface area contributed by atoms with Crippen LogP contribution in [0.3, 0.4) is 0 Å². The van der Waals surface area contributed by atoms with Crippen molar-refractivity contribution in [2.75, 3.05) is 26.7 Å². The van der Waals surface area contributed by atoms with Gasteiger partial charge in [-0.1, -0.05) is 20.8 Å². The maximum absolute atomic E-state index is 12.4. The molecule has 0 N–H and O–H groups in total. The van der Waals surface area contributed by atoms with Gasteiger partial charge >= 0.3 is 5.97 Å². The molecule has 3 aliphatic carbocycles. The molecule has 4 atom stereocenters. The van der Waals surface area contributed by atoms with Crippen LogP contribution >= 0.6 is 0 Å². The van der Waals surface area contributed by atoms with E-state index in [9.17, 15) is 4.79 Å². The molecular formula is C18H32NO2+. The van der Waals surface area contributed by atoms with Crippen LogP contribution in [0, 0.1) is 23.2 Å². The zero-order chi connectivity index (χ0) is 15.3. The molecule has 4 rings (SSSR count). The van der Waals surface area contributed by atoms with Gasteiger partial charge in [0.25, 0.3) is 0 Å². The molecule has 3 heteroatoms. The van der Waals surface area contributed by atoms with Gasteiger partial charge in [-0.2, -0.15) is 0 Å². The number of rotatable bonds is 3. The Bertz CT molecular complexity index is 411. The van der Waals surface area contributed by atoms with Crippen molar-refractivity contribution < 1.29 is 14.0 Å². The highest BCUT2D eigenvalue weighted by Crippen LogP contribution is 2.61. The van der Waals surface area contributed by atoms with E-state index < -0.39 is 0 Å². The van der Waals surface area contributed by atoms with Crippen molar-refractivity contribution in [3.63, 3.8) is 0 Å². The fourth-order valence-corrected chi connectivity index (χ4v) is 5.21. The molecular weight excluding hydrogens is 262 g/mol. The van der Waals surface area contributed by atoms with Crippen LogP contribution in [0.2, 0.25) is 0 Å². The second-order valence-corrected chi connectivity index (χ2v) is 8.77. The monoisotopic (exact) mass is 294 g/mol. The number of fused-ring (bicyclic) bond motifs is 2. The SMILES string of the molecule is C[C@@H]1[C@@H](OC(=O)C[N+]2(C)CCCCC2)C[C@H]2C[C@H]1C2(C)C. The number of likely N-dealkylation sites (tertiary alicyclic amines) is 1. The number of quaternary nitrogens is 1. The van der Waals surface area contributed by atoms with Gasteiger partial charge in [0.05, 0.1) is 20.1 Å². The number of hydrogen-bond acceptors (Lipinski definition) is 2. The quantitative estimate of drug-likeness (QED) is 0.590. The summed E-state index contributed by atoms with van der Waals surface area (Å²) < 4.78 is 6.80. The summed E-state index contributed by atoms with van der Waals surface area (Å²) in [5.41, 5.74) is 0.466. The molecule has 3 saturated carbocycles. The van der Waals surface area contributed by atoms with Crippen molar-refractivity contribution in [1.29, 1.82) is 0 Å². The minimum Gasteiger partial charge on any atom is -0.458 e. The summed E-state index contributed by atoms with van der Waals surface area (Å²) in [7, 11) is 2.21. The molecule has 1 saturated heterocycles. The standard InChI is InChI=1S/C18H32NO2/c1-13-15-10-14(18(15,2)3)11-16(13)21-17(20)12-19(4)8-6-5-7-9-19/h13-16H,5-12H2,1-4H3/q+1/t13-,14+,15+,16-/m0/s1. The molecule has 0 radical (unpaired) electrons. The summed E-state index contributed by atoms with van der Waals surface area (Å²) >= 11 is 0. The van der Waals surface area contributed by atoms with E-state index in [0.29, 0.717) is 17.9 Å². The molecule has 0 aromatic rings. The highest BCUT2D eigenvalue weighted by Gasteiger charge is 2.57. The van der Waals surface area contributed by atoms with Crippen LogP contribution in [0.1, 0.15) is 52.9 Å². The van der Waals surface area contributed by atoms with Gasteiger partial charge in [-0.25, -0.2) is 4.79 Å². The molecule has 0 aromatic heterocycles. The Kier molecular flexibility index (Phi) is 3.84. The predicted octanol–water partition coefficient (Wildman–Crippen LogP) is 3.23. The van der Waals surface area contributed by atoms with Gasteiger partial charge in [-0.3, -0.25) is 0 Å². The number of piperidine rings is 1. The third-order valence-corrected chi connectivity index (χ3v) is 6.97. The molecule has 2 bridgehead atoms. The van der Waals surface area contributed by atoms with Crippen LogP contribution in [0.4, 0.5) is 0 Å². The first-order valence-electron chi connectivity index (χ1n) is 8.85. The molecule has 0 amide bonds. The molecule has 4 aliphatic rings. The van der Waals surface area contributed by atoms with Crippen molar-refractivity contribution in [1.82, 2.24) is 0 Å². The average molecular weight is 294 g/mol.